The molecule has 1 saturated heterocycles. The summed E-state index contributed by atoms with van der Waals surface area (Å²) in [6, 6.07) is 5.39. The monoisotopic (exact) mass is 391 g/mol. The Morgan fingerprint density at radius 1 is 1.52 bits per heavy atom. The SMILES string of the molecule is COc1ccc(CNc2cnc(N3CCC[C@H]3CO)nc2C(N)=O)cc1Cl. The number of nitrogens with zero attached hydrogens (tertiary/aromatic N) is 3. The number of benzene rings is 1. The summed E-state index contributed by atoms with van der Waals surface area (Å²) in [5.74, 6) is 0.349. The van der Waals surface area contributed by atoms with Crippen molar-refractivity contribution in [2.45, 2.75) is 25.4 Å². The van der Waals surface area contributed by atoms with E-state index >= 15 is 0 Å². The van der Waals surface area contributed by atoms with Gasteiger partial charge in [-0.2, -0.15) is 0 Å². The molecule has 4 N–H and O–H groups in total. The molecule has 0 aliphatic carbocycles. The Balaban J connectivity index is 1.79. The first-order valence-corrected chi connectivity index (χ1v) is 9.02. The van der Waals surface area contributed by atoms with Crippen LogP contribution in [0.2, 0.25) is 5.02 Å². The van der Waals surface area contributed by atoms with Gasteiger partial charge < -0.3 is 25.8 Å². The van der Waals surface area contributed by atoms with Crippen molar-refractivity contribution in [3.05, 3.63) is 40.7 Å². The van der Waals surface area contributed by atoms with Crippen molar-refractivity contribution in [3.8, 4) is 5.75 Å². The fraction of sp³-hybridized carbons (Fsp3) is 0.389. The first-order chi connectivity index (χ1) is 13.0. The number of hydrogen-bond donors (Lipinski definition) is 3. The van der Waals surface area contributed by atoms with Gasteiger partial charge in [0.25, 0.3) is 5.91 Å². The maximum Gasteiger partial charge on any atom is 0.269 e. The van der Waals surface area contributed by atoms with Crippen molar-refractivity contribution in [2.24, 2.45) is 5.73 Å². The second-order valence-electron chi connectivity index (χ2n) is 6.29. The van der Waals surface area contributed by atoms with Crippen LogP contribution in [0.3, 0.4) is 0 Å². The normalized spacial score (nSPS) is 16.4. The number of methoxy groups -OCH3 is 1. The van der Waals surface area contributed by atoms with Crippen molar-refractivity contribution < 1.29 is 14.6 Å². The molecule has 0 radical (unpaired) electrons. The predicted molar refractivity (Wildman–Crippen MR) is 103 cm³/mol. The molecule has 2 aromatic rings. The van der Waals surface area contributed by atoms with Crippen LogP contribution in [0.1, 0.15) is 28.9 Å². The third kappa shape index (κ3) is 4.23. The van der Waals surface area contributed by atoms with Gasteiger partial charge >= 0.3 is 0 Å². The molecule has 1 atom stereocenters. The van der Waals surface area contributed by atoms with E-state index in [1.165, 1.54) is 0 Å². The average molecular weight is 392 g/mol. The number of anilines is 2. The zero-order valence-corrected chi connectivity index (χ0v) is 15.7. The van der Waals surface area contributed by atoms with Gasteiger partial charge in [-0.1, -0.05) is 17.7 Å². The minimum Gasteiger partial charge on any atom is -0.495 e. The van der Waals surface area contributed by atoms with Crippen LogP contribution in [0.15, 0.2) is 24.4 Å². The lowest BCUT2D eigenvalue weighted by Gasteiger charge is -2.23. The molecule has 0 unspecified atom stereocenters. The summed E-state index contributed by atoms with van der Waals surface area (Å²) >= 11 is 6.14. The molecule has 1 aliphatic rings. The summed E-state index contributed by atoms with van der Waals surface area (Å²) in [4.78, 5) is 22.5. The average Bonchev–Trinajstić information content (AvgIpc) is 3.15. The van der Waals surface area contributed by atoms with Crippen LogP contribution in [0.4, 0.5) is 11.6 Å². The number of amides is 1. The number of rotatable bonds is 7. The van der Waals surface area contributed by atoms with E-state index < -0.39 is 5.91 Å². The number of carbonyl (C=O) groups excluding carboxylic acids is 1. The Kier molecular flexibility index (Phi) is 5.98. The van der Waals surface area contributed by atoms with E-state index in [0.29, 0.717) is 29.0 Å². The van der Waals surface area contributed by atoms with Gasteiger partial charge in [0.15, 0.2) is 5.69 Å². The summed E-state index contributed by atoms with van der Waals surface area (Å²) in [5.41, 5.74) is 6.97. The van der Waals surface area contributed by atoms with Crippen molar-refractivity contribution in [1.29, 1.82) is 0 Å². The van der Waals surface area contributed by atoms with Gasteiger partial charge in [0, 0.05) is 13.1 Å². The molecule has 1 aromatic heterocycles. The molecule has 1 fully saturated rings. The molecule has 9 heteroatoms. The number of nitrogens with two attached hydrogens (primary N) is 1. The number of aliphatic hydroxyl groups is 1. The van der Waals surface area contributed by atoms with Crippen molar-refractivity contribution in [3.63, 3.8) is 0 Å². The highest BCUT2D eigenvalue weighted by atomic mass is 35.5. The molecule has 8 nitrogen and oxygen atoms in total. The van der Waals surface area contributed by atoms with Gasteiger partial charge in [-0.05, 0) is 30.5 Å². The van der Waals surface area contributed by atoms with E-state index in [9.17, 15) is 9.90 Å². The predicted octanol–water partition coefficient (Wildman–Crippen LogP) is 1.81. The number of aliphatic hydroxyl groups excluding tert-OH is 1. The second kappa shape index (κ2) is 8.41. The van der Waals surface area contributed by atoms with Crippen LogP contribution >= 0.6 is 11.6 Å². The number of aromatic nitrogens is 2. The largest absolute Gasteiger partial charge is 0.495 e. The number of halogens is 1. The fourth-order valence-electron chi connectivity index (χ4n) is 3.13. The summed E-state index contributed by atoms with van der Waals surface area (Å²) in [7, 11) is 1.55. The lowest BCUT2D eigenvalue weighted by Crippen LogP contribution is -2.34. The van der Waals surface area contributed by atoms with E-state index in [0.717, 1.165) is 24.9 Å². The van der Waals surface area contributed by atoms with E-state index in [1.807, 2.05) is 11.0 Å². The van der Waals surface area contributed by atoms with E-state index in [2.05, 4.69) is 15.3 Å². The van der Waals surface area contributed by atoms with Crippen molar-refractivity contribution >= 4 is 29.1 Å². The molecule has 0 spiro atoms. The van der Waals surface area contributed by atoms with Crippen LogP contribution < -0.4 is 20.7 Å². The second-order valence-corrected chi connectivity index (χ2v) is 6.70. The number of hydrogen-bond acceptors (Lipinski definition) is 7. The Labute approximate surface area is 162 Å². The summed E-state index contributed by atoms with van der Waals surface area (Å²) in [6.45, 7) is 1.17. The first-order valence-electron chi connectivity index (χ1n) is 8.64. The van der Waals surface area contributed by atoms with Gasteiger partial charge in [-0.25, -0.2) is 9.97 Å². The molecule has 0 bridgehead atoms. The summed E-state index contributed by atoms with van der Waals surface area (Å²) < 4.78 is 5.14. The third-order valence-electron chi connectivity index (χ3n) is 4.55. The minimum absolute atomic E-state index is 0.0213. The van der Waals surface area contributed by atoms with Crippen LogP contribution in [0, 0.1) is 0 Å². The molecule has 0 saturated carbocycles. The zero-order chi connectivity index (χ0) is 19.4. The molecule has 144 valence electrons. The Morgan fingerprint density at radius 2 is 2.33 bits per heavy atom. The number of primary amides is 1. The summed E-state index contributed by atoms with van der Waals surface area (Å²) in [5, 5.41) is 13.1. The Bertz CT molecular complexity index is 833. The van der Waals surface area contributed by atoms with Gasteiger partial charge in [0.05, 0.1) is 36.7 Å². The highest BCUT2D eigenvalue weighted by Gasteiger charge is 2.27. The molecule has 1 aromatic carbocycles. The fourth-order valence-corrected chi connectivity index (χ4v) is 3.41. The summed E-state index contributed by atoms with van der Waals surface area (Å²) in [6.07, 6.45) is 3.35. The van der Waals surface area contributed by atoms with Gasteiger partial charge in [-0.3, -0.25) is 4.79 Å². The maximum absolute atomic E-state index is 11.9. The molecule has 2 heterocycles. The topological polar surface area (TPSA) is 114 Å². The lowest BCUT2D eigenvalue weighted by molar-refractivity contribution is 0.0996. The van der Waals surface area contributed by atoms with Gasteiger partial charge in [0.1, 0.15) is 5.75 Å². The van der Waals surface area contributed by atoms with Gasteiger partial charge in [-0.15, -0.1) is 0 Å². The van der Waals surface area contributed by atoms with E-state index in [-0.39, 0.29) is 18.3 Å². The van der Waals surface area contributed by atoms with Crippen LogP contribution in [0.25, 0.3) is 0 Å². The molecule has 1 amide bonds. The lowest BCUT2D eigenvalue weighted by atomic mass is 10.2. The standard InChI is InChI=1S/C18H22ClN5O3/c1-27-15-5-4-11(7-13(15)19)8-21-14-9-22-18(23-16(14)17(20)26)24-6-2-3-12(24)10-25/h4-5,7,9,12,21,25H,2-3,6,8,10H2,1H3,(H2,20,26)/t12-/m0/s1. The van der Waals surface area contributed by atoms with Crippen molar-refractivity contribution in [2.75, 3.05) is 30.5 Å². The third-order valence-corrected chi connectivity index (χ3v) is 4.85. The Hall–Kier alpha value is -2.58. The zero-order valence-electron chi connectivity index (χ0n) is 15.0. The van der Waals surface area contributed by atoms with Crippen molar-refractivity contribution in [1.82, 2.24) is 9.97 Å². The highest BCUT2D eigenvalue weighted by molar-refractivity contribution is 6.32. The highest BCUT2D eigenvalue weighted by Crippen LogP contribution is 2.26. The first kappa shape index (κ1) is 19.2. The van der Waals surface area contributed by atoms with Gasteiger partial charge in [0.2, 0.25) is 5.95 Å². The number of carbonyl (C=O) groups is 1. The van der Waals surface area contributed by atoms with E-state index in [4.69, 9.17) is 22.1 Å². The van der Waals surface area contributed by atoms with E-state index in [1.54, 1.807) is 25.4 Å². The smallest absolute Gasteiger partial charge is 0.269 e. The molecular formula is C18H22ClN5O3. The number of nitrogens with one attached hydrogen (secondary N) is 1. The minimum atomic E-state index is -0.645. The molecular weight excluding hydrogens is 370 g/mol. The maximum atomic E-state index is 11.9. The molecule has 27 heavy (non-hydrogen) atoms. The number of ether oxygens (including phenoxy) is 1. The quantitative estimate of drug-likeness (QED) is 0.659. The van der Waals surface area contributed by atoms with Crippen LogP contribution in [-0.4, -0.2) is 47.3 Å². The van der Waals surface area contributed by atoms with Crippen LogP contribution in [0.5, 0.6) is 5.75 Å². The molecule has 3 rings (SSSR count). The molecule has 1 aliphatic heterocycles. The van der Waals surface area contributed by atoms with Crippen LogP contribution in [-0.2, 0) is 6.54 Å². The Morgan fingerprint density at radius 3 is 3.00 bits per heavy atom.